The molecule has 0 aliphatic heterocycles. The number of benzene rings is 1. The molecule has 0 aromatic heterocycles. The topological polar surface area (TPSA) is 72.3 Å². The van der Waals surface area contributed by atoms with E-state index >= 15 is 0 Å². The van der Waals surface area contributed by atoms with Gasteiger partial charge < -0.3 is 16.4 Å². The van der Waals surface area contributed by atoms with E-state index < -0.39 is 0 Å². The molecular weight excluding hydrogens is 226 g/mol. The first-order chi connectivity index (χ1) is 8.79. The number of hydrogen-bond donors (Lipinski definition) is 2. The molecule has 0 aliphatic carbocycles. The Morgan fingerprint density at radius 3 is 2.17 bits per heavy atom. The molecule has 1 amide bonds. The molecule has 1 aromatic carbocycles. The van der Waals surface area contributed by atoms with Gasteiger partial charge in [-0.15, -0.1) is 0 Å². The summed E-state index contributed by atoms with van der Waals surface area (Å²) in [6.07, 6.45) is 2.72. The van der Waals surface area contributed by atoms with Gasteiger partial charge in [0.2, 0.25) is 0 Å². The van der Waals surface area contributed by atoms with E-state index in [-0.39, 0.29) is 5.91 Å². The minimum absolute atomic E-state index is 0.0843. The van der Waals surface area contributed by atoms with Crippen molar-refractivity contribution in [1.29, 1.82) is 0 Å². The highest BCUT2D eigenvalue weighted by Gasteiger charge is 2.14. The first kappa shape index (κ1) is 14.7. The molecular formula is C14H23N3O. The van der Waals surface area contributed by atoms with Crippen LogP contribution in [0.1, 0.15) is 29.6 Å². The van der Waals surface area contributed by atoms with Crippen LogP contribution in [0.25, 0.3) is 0 Å². The SMILES string of the molecule is NCCCCN(CCCN)C(=O)c1ccccc1. The Kier molecular flexibility index (Phi) is 7.06. The highest BCUT2D eigenvalue weighted by Crippen LogP contribution is 2.06. The summed E-state index contributed by atoms with van der Waals surface area (Å²) in [4.78, 5) is 14.2. The van der Waals surface area contributed by atoms with E-state index in [1.54, 1.807) is 0 Å². The Morgan fingerprint density at radius 2 is 1.56 bits per heavy atom. The molecule has 1 rings (SSSR count). The van der Waals surface area contributed by atoms with Gasteiger partial charge in [-0.2, -0.15) is 0 Å². The third kappa shape index (κ3) is 4.85. The number of amides is 1. The quantitative estimate of drug-likeness (QED) is 0.680. The normalized spacial score (nSPS) is 10.3. The minimum Gasteiger partial charge on any atom is -0.339 e. The summed E-state index contributed by atoms with van der Waals surface area (Å²) in [6, 6.07) is 9.37. The highest BCUT2D eigenvalue weighted by atomic mass is 16.2. The van der Waals surface area contributed by atoms with E-state index in [0.717, 1.165) is 37.9 Å². The summed E-state index contributed by atoms with van der Waals surface area (Å²) in [7, 11) is 0. The average molecular weight is 249 g/mol. The first-order valence-electron chi connectivity index (χ1n) is 6.54. The standard InChI is InChI=1S/C14H23N3O/c15-9-4-5-11-17(12-6-10-16)14(18)13-7-2-1-3-8-13/h1-3,7-8H,4-6,9-12,15-16H2. The van der Waals surface area contributed by atoms with Crippen molar-refractivity contribution in [2.24, 2.45) is 11.5 Å². The van der Waals surface area contributed by atoms with Crippen LogP contribution in [0.5, 0.6) is 0 Å². The van der Waals surface area contributed by atoms with Crippen LogP contribution in [0.15, 0.2) is 30.3 Å². The van der Waals surface area contributed by atoms with E-state index in [1.807, 2.05) is 35.2 Å². The maximum absolute atomic E-state index is 12.3. The molecule has 4 nitrogen and oxygen atoms in total. The van der Waals surface area contributed by atoms with Gasteiger partial charge in [0, 0.05) is 18.7 Å². The molecule has 100 valence electrons. The van der Waals surface area contributed by atoms with Crippen LogP contribution < -0.4 is 11.5 Å². The van der Waals surface area contributed by atoms with Crippen molar-refractivity contribution in [3.05, 3.63) is 35.9 Å². The second-order valence-electron chi connectivity index (χ2n) is 4.30. The van der Waals surface area contributed by atoms with Crippen LogP contribution >= 0.6 is 0 Å². The summed E-state index contributed by atoms with van der Waals surface area (Å²) in [5, 5.41) is 0. The van der Waals surface area contributed by atoms with Crippen molar-refractivity contribution in [1.82, 2.24) is 4.90 Å². The lowest BCUT2D eigenvalue weighted by Gasteiger charge is -2.22. The highest BCUT2D eigenvalue weighted by molar-refractivity contribution is 5.94. The van der Waals surface area contributed by atoms with Crippen molar-refractivity contribution in [3.8, 4) is 0 Å². The lowest BCUT2D eigenvalue weighted by molar-refractivity contribution is 0.0752. The van der Waals surface area contributed by atoms with Gasteiger partial charge in [0.1, 0.15) is 0 Å². The van der Waals surface area contributed by atoms with Crippen molar-refractivity contribution in [2.45, 2.75) is 19.3 Å². The number of nitrogens with two attached hydrogens (primary N) is 2. The Morgan fingerprint density at radius 1 is 0.944 bits per heavy atom. The maximum Gasteiger partial charge on any atom is 0.253 e. The number of nitrogens with zero attached hydrogens (tertiary/aromatic N) is 1. The Balaban J connectivity index is 2.60. The first-order valence-corrected chi connectivity index (χ1v) is 6.54. The lowest BCUT2D eigenvalue weighted by Crippen LogP contribution is -2.34. The second kappa shape index (κ2) is 8.66. The fraction of sp³-hybridized carbons (Fsp3) is 0.500. The van der Waals surface area contributed by atoms with Crippen LogP contribution in [-0.2, 0) is 0 Å². The summed E-state index contributed by atoms with van der Waals surface area (Å²) in [5.74, 6) is 0.0843. The zero-order valence-electron chi connectivity index (χ0n) is 10.8. The van der Waals surface area contributed by atoms with Crippen LogP contribution in [0.4, 0.5) is 0 Å². The molecule has 0 bridgehead atoms. The average Bonchev–Trinajstić information content (AvgIpc) is 2.43. The van der Waals surface area contributed by atoms with Gasteiger partial charge in [-0.3, -0.25) is 4.79 Å². The van der Waals surface area contributed by atoms with E-state index in [9.17, 15) is 4.79 Å². The molecule has 0 aliphatic rings. The van der Waals surface area contributed by atoms with Gasteiger partial charge in [-0.25, -0.2) is 0 Å². The lowest BCUT2D eigenvalue weighted by atomic mass is 10.2. The third-order valence-electron chi connectivity index (χ3n) is 2.82. The monoisotopic (exact) mass is 249 g/mol. The molecule has 0 heterocycles. The zero-order chi connectivity index (χ0) is 13.2. The predicted molar refractivity (Wildman–Crippen MR) is 74.3 cm³/mol. The zero-order valence-corrected chi connectivity index (χ0v) is 10.8. The molecule has 0 atom stereocenters. The van der Waals surface area contributed by atoms with Crippen LogP contribution in [0, 0.1) is 0 Å². The molecule has 18 heavy (non-hydrogen) atoms. The molecule has 1 aromatic rings. The fourth-order valence-electron chi connectivity index (χ4n) is 1.81. The smallest absolute Gasteiger partial charge is 0.253 e. The largest absolute Gasteiger partial charge is 0.339 e. The predicted octanol–water partition coefficient (Wildman–Crippen LogP) is 1.22. The van der Waals surface area contributed by atoms with Gasteiger partial charge in [0.05, 0.1) is 0 Å². The number of carbonyl (C=O) groups is 1. The molecule has 0 fully saturated rings. The summed E-state index contributed by atoms with van der Waals surface area (Å²) < 4.78 is 0. The molecule has 0 saturated carbocycles. The second-order valence-corrected chi connectivity index (χ2v) is 4.30. The van der Waals surface area contributed by atoms with Crippen molar-refractivity contribution in [3.63, 3.8) is 0 Å². The summed E-state index contributed by atoms with van der Waals surface area (Å²) in [5.41, 5.74) is 11.7. The number of unbranched alkanes of at least 4 members (excludes halogenated alkanes) is 1. The molecule has 0 unspecified atom stereocenters. The van der Waals surface area contributed by atoms with Crippen molar-refractivity contribution >= 4 is 5.91 Å². The van der Waals surface area contributed by atoms with E-state index in [2.05, 4.69) is 0 Å². The maximum atomic E-state index is 12.3. The van der Waals surface area contributed by atoms with Crippen LogP contribution in [0.3, 0.4) is 0 Å². The molecule has 4 heteroatoms. The van der Waals surface area contributed by atoms with Gasteiger partial charge >= 0.3 is 0 Å². The van der Waals surface area contributed by atoms with Gasteiger partial charge in [-0.1, -0.05) is 18.2 Å². The van der Waals surface area contributed by atoms with E-state index in [0.29, 0.717) is 13.1 Å². The van der Waals surface area contributed by atoms with Crippen LogP contribution in [-0.4, -0.2) is 37.0 Å². The molecule has 4 N–H and O–H groups in total. The number of rotatable bonds is 8. The number of hydrogen-bond acceptors (Lipinski definition) is 3. The third-order valence-corrected chi connectivity index (χ3v) is 2.82. The van der Waals surface area contributed by atoms with Crippen molar-refractivity contribution < 1.29 is 4.79 Å². The summed E-state index contributed by atoms with van der Waals surface area (Å²) in [6.45, 7) is 2.75. The Labute approximate surface area is 109 Å². The van der Waals surface area contributed by atoms with Crippen LogP contribution in [0.2, 0.25) is 0 Å². The summed E-state index contributed by atoms with van der Waals surface area (Å²) >= 11 is 0. The Hall–Kier alpha value is -1.39. The van der Waals surface area contributed by atoms with E-state index in [4.69, 9.17) is 11.5 Å². The minimum atomic E-state index is 0.0843. The Bertz CT molecular complexity index is 340. The fourth-order valence-corrected chi connectivity index (χ4v) is 1.81. The molecule has 0 saturated heterocycles. The van der Waals surface area contributed by atoms with Gasteiger partial charge in [-0.05, 0) is 44.5 Å². The molecule has 0 radical (unpaired) electrons. The van der Waals surface area contributed by atoms with Gasteiger partial charge in [0.15, 0.2) is 0 Å². The molecule has 0 spiro atoms. The number of carbonyl (C=O) groups excluding carboxylic acids is 1. The van der Waals surface area contributed by atoms with E-state index in [1.165, 1.54) is 0 Å². The van der Waals surface area contributed by atoms with Crippen molar-refractivity contribution in [2.75, 3.05) is 26.2 Å². The van der Waals surface area contributed by atoms with Gasteiger partial charge in [0.25, 0.3) is 5.91 Å².